The molecule has 0 radical (unpaired) electrons. The molecule has 1 aliphatic rings. The zero-order chi connectivity index (χ0) is 18.8. The van der Waals surface area contributed by atoms with Gasteiger partial charge in [-0.25, -0.2) is 4.68 Å². The Morgan fingerprint density at radius 3 is 2.74 bits per heavy atom. The summed E-state index contributed by atoms with van der Waals surface area (Å²) in [7, 11) is 0. The van der Waals surface area contributed by atoms with Crippen molar-refractivity contribution in [3.63, 3.8) is 0 Å². The molecule has 0 atom stereocenters. The van der Waals surface area contributed by atoms with Crippen molar-refractivity contribution in [2.75, 3.05) is 0 Å². The van der Waals surface area contributed by atoms with Crippen molar-refractivity contribution < 1.29 is 14.0 Å². The molecule has 0 aliphatic carbocycles. The minimum Gasteiger partial charge on any atom is -0.457 e. The van der Waals surface area contributed by atoms with E-state index in [2.05, 4.69) is 25.8 Å². The van der Waals surface area contributed by atoms with E-state index in [0.717, 1.165) is 23.0 Å². The number of carbonyl (C=O) groups is 2. The third-order valence-electron chi connectivity index (χ3n) is 3.57. The Morgan fingerprint density at radius 1 is 1.22 bits per heavy atom. The Morgan fingerprint density at radius 2 is 2.04 bits per heavy atom. The lowest BCUT2D eigenvalue weighted by atomic mass is 10.1. The number of amidine groups is 1. The second kappa shape index (κ2) is 7.00. The molecular weight excluding hydrogens is 368 g/mol. The number of hydrogen-bond donors (Lipinski definition) is 1. The third-order valence-corrected chi connectivity index (χ3v) is 4.47. The van der Waals surface area contributed by atoms with Gasteiger partial charge in [-0.15, -0.1) is 5.10 Å². The van der Waals surface area contributed by atoms with Gasteiger partial charge in [-0.1, -0.05) is 0 Å². The molecule has 2 aromatic heterocycles. The zero-order valence-electron chi connectivity index (χ0n) is 14.0. The average Bonchev–Trinajstić information content (AvgIpc) is 3.38. The minimum absolute atomic E-state index is 0.267. The number of aliphatic imine (C=N–C) groups is 1. The number of aromatic nitrogens is 4. The van der Waals surface area contributed by atoms with Gasteiger partial charge in [0.2, 0.25) is 5.91 Å². The van der Waals surface area contributed by atoms with Gasteiger partial charge in [0.15, 0.2) is 5.17 Å². The lowest BCUT2D eigenvalue weighted by Gasteiger charge is -2.01. The molecule has 0 saturated carbocycles. The molecule has 3 heterocycles. The van der Waals surface area contributed by atoms with Gasteiger partial charge in [0, 0.05) is 18.6 Å². The van der Waals surface area contributed by atoms with Crippen molar-refractivity contribution in [1.29, 1.82) is 0 Å². The molecule has 0 fully saturated rings. The lowest BCUT2D eigenvalue weighted by molar-refractivity contribution is -0.117. The molecule has 4 rings (SSSR count). The fraction of sp³-hybridized carbons (Fsp3) is 0.0588. The summed E-state index contributed by atoms with van der Waals surface area (Å²) < 4.78 is 7.35. The van der Waals surface area contributed by atoms with Crippen LogP contribution in [0, 0.1) is 0 Å². The molecule has 1 aromatic carbocycles. The Hall–Kier alpha value is -3.53. The molecule has 1 N–H and O–H groups in total. The van der Waals surface area contributed by atoms with Crippen molar-refractivity contribution in [2.24, 2.45) is 4.99 Å². The summed E-state index contributed by atoms with van der Waals surface area (Å²) in [4.78, 5) is 27.1. The van der Waals surface area contributed by atoms with Crippen LogP contribution in [0.3, 0.4) is 0 Å². The summed E-state index contributed by atoms with van der Waals surface area (Å²) in [6.45, 7) is 1.36. The van der Waals surface area contributed by atoms with Crippen LogP contribution in [-0.4, -0.2) is 37.2 Å². The average molecular weight is 380 g/mol. The second-order valence-corrected chi connectivity index (χ2v) is 6.55. The predicted octanol–water partition coefficient (Wildman–Crippen LogP) is 2.03. The molecule has 27 heavy (non-hydrogen) atoms. The highest BCUT2D eigenvalue weighted by Crippen LogP contribution is 2.30. The number of tetrazole rings is 1. The van der Waals surface area contributed by atoms with Gasteiger partial charge in [-0.2, -0.15) is 4.99 Å². The van der Waals surface area contributed by atoms with Gasteiger partial charge in [0.1, 0.15) is 17.8 Å². The first kappa shape index (κ1) is 16.9. The summed E-state index contributed by atoms with van der Waals surface area (Å²) in [5.74, 6) is 0.487. The first-order valence-electron chi connectivity index (χ1n) is 7.82. The van der Waals surface area contributed by atoms with E-state index < -0.39 is 5.91 Å². The number of nitrogens with one attached hydrogen (secondary N) is 1. The first-order chi connectivity index (χ1) is 13.1. The van der Waals surface area contributed by atoms with Gasteiger partial charge in [0.25, 0.3) is 5.91 Å². The lowest BCUT2D eigenvalue weighted by Crippen LogP contribution is -2.23. The van der Waals surface area contributed by atoms with Gasteiger partial charge in [-0.05, 0) is 58.6 Å². The monoisotopic (exact) mass is 380 g/mol. The maximum absolute atomic E-state index is 11.9. The van der Waals surface area contributed by atoms with Crippen LogP contribution in [0.15, 0.2) is 57.0 Å². The van der Waals surface area contributed by atoms with Crippen molar-refractivity contribution in [3.05, 3.63) is 53.4 Å². The molecule has 0 saturated heterocycles. The van der Waals surface area contributed by atoms with Crippen molar-refractivity contribution in [1.82, 2.24) is 25.5 Å². The molecule has 10 heteroatoms. The van der Waals surface area contributed by atoms with Crippen LogP contribution < -0.4 is 5.32 Å². The van der Waals surface area contributed by atoms with Crippen LogP contribution in [0.2, 0.25) is 0 Å². The highest BCUT2D eigenvalue weighted by molar-refractivity contribution is 8.18. The molecule has 0 bridgehead atoms. The summed E-state index contributed by atoms with van der Waals surface area (Å²) in [5, 5.41) is 13.8. The third kappa shape index (κ3) is 3.70. The molecule has 0 unspecified atom stereocenters. The number of thioether (sulfide) groups is 1. The maximum Gasteiger partial charge on any atom is 0.286 e. The van der Waals surface area contributed by atoms with Crippen molar-refractivity contribution in [2.45, 2.75) is 6.92 Å². The summed E-state index contributed by atoms with van der Waals surface area (Å²) in [5.41, 5.74) is 1.70. The van der Waals surface area contributed by atoms with Crippen molar-refractivity contribution in [3.8, 4) is 17.0 Å². The number of carbonyl (C=O) groups excluding carboxylic acids is 2. The molecular formula is C17H12N6O3S. The van der Waals surface area contributed by atoms with E-state index in [1.807, 2.05) is 30.3 Å². The van der Waals surface area contributed by atoms with Crippen LogP contribution in [0.25, 0.3) is 23.1 Å². The largest absolute Gasteiger partial charge is 0.457 e. The zero-order valence-corrected chi connectivity index (χ0v) is 14.8. The van der Waals surface area contributed by atoms with Crippen LogP contribution >= 0.6 is 11.8 Å². The number of amides is 2. The summed E-state index contributed by atoms with van der Waals surface area (Å²) in [6, 6.07) is 11.1. The smallest absolute Gasteiger partial charge is 0.286 e. The minimum atomic E-state index is -0.410. The Kier molecular flexibility index (Phi) is 4.38. The molecule has 1 aliphatic heterocycles. The van der Waals surface area contributed by atoms with E-state index in [1.165, 1.54) is 13.3 Å². The van der Waals surface area contributed by atoms with E-state index in [-0.39, 0.29) is 11.1 Å². The van der Waals surface area contributed by atoms with Crippen LogP contribution in [0.5, 0.6) is 0 Å². The number of furan rings is 1. The van der Waals surface area contributed by atoms with E-state index in [9.17, 15) is 9.59 Å². The van der Waals surface area contributed by atoms with Crippen LogP contribution in [-0.2, 0) is 9.59 Å². The fourth-order valence-corrected chi connectivity index (χ4v) is 3.23. The number of nitrogens with zero attached hydrogens (tertiary/aromatic N) is 5. The first-order valence-corrected chi connectivity index (χ1v) is 8.64. The topological polar surface area (TPSA) is 115 Å². The second-order valence-electron chi connectivity index (χ2n) is 5.52. The highest BCUT2D eigenvalue weighted by atomic mass is 32.2. The van der Waals surface area contributed by atoms with E-state index in [0.29, 0.717) is 16.4 Å². The predicted molar refractivity (Wildman–Crippen MR) is 98.7 cm³/mol. The standard InChI is InChI=1S/C17H12N6O3S/c1-10(24)19-17-20-16(25)15(27-17)8-13-6-7-14(26-13)11-2-4-12(5-3-11)23-9-18-21-22-23/h2-9H,1H3,(H,19,20,24,25)/b15-8-. The van der Waals surface area contributed by atoms with Gasteiger partial charge in [-0.3, -0.25) is 9.59 Å². The highest BCUT2D eigenvalue weighted by Gasteiger charge is 2.23. The Bertz CT molecular complexity index is 1070. The van der Waals surface area contributed by atoms with Crippen LogP contribution in [0.1, 0.15) is 12.7 Å². The SMILES string of the molecule is CC(=O)NC1=NC(=O)/C(=C/c2ccc(-c3ccc(-n4cnnn4)cc3)o2)S1. The molecule has 134 valence electrons. The van der Waals surface area contributed by atoms with E-state index in [1.54, 1.807) is 16.8 Å². The van der Waals surface area contributed by atoms with Gasteiger partial charge < -0.3 is 9.73 Å². The molecule has 3 aromatic rings. The number of benzene rings is 1. The molecule has 0 spiro atoms. The normalized spacial score (nSPS) is 15.2. The Labute approximate surface area is 157 Å². The van der Waals surface area contributed by atoms with Gasteiger partial charge >= 0.3 is 0 Å². The molecule has 9 nitrogen and oxygen atoms in total. The summed E-state index contributed by atoms with van der Waals surface area (Å²) >= 11 is 1.10. The Balaban J connectivity index is 1.51. The van der Waals surface area contributed by atoms with E-state index in [4.69, 9.17) is 4.42 Å². The van der Waals surface area contributed by atoms with Crippen molar-refractivity contribution >= 4 is 34.8 Å². The van der Waals surface area contributed by atoms with Gasteiger partial charge in [0.05, 0.1) is 10.6 Å². The number of hydrogen-bond acceptors (Lipinski definition) is 7. The molecule has 2 amide bonds. The maximum atomic E-state index is 11.9. The fourth-order valence-electron chi connectivity index (χ4n) is 2.39. The van der Waals surface area contributed by atoms with Crippen LogP contribution in [0.4, 0.5) is 0 Å². The summed E-state index contributed by atoms with van der Waals surface area (Å²) in [6.07, 6.45) is 3.12. The number of rotatable bonds is 3. The van der Waals surface area contributed by atoms with E-state index >= 15 is 0 Å². The quantitative estimate of drug-likeness (QED) is 0.691.